The van der Waals surface area contributed by atoms with Crippen LogP contribution in [-0.2, 0) is 0 Å². The van der Waals surface area contributed by atoms with E-state index in [1.807, 2.05) is 6.07 Å². The van der Waals surface area contributed by atoms with Gasteiger partial charge in [0.05, 0.1) is 12.2 Å². The van der Waals surface area contributed by atoms with E-state index < -0.39 is 0 Å². The lowest BCUT2D eigenvalue weighted by Crippen LogP contribution is -2.27. The Kier molecular flexibility index (Phi) is 3.52. The maximum absolute atomic E-state index is 8.73. The molecule has 2 atom stereocenters. The lowest BCUT2D eigenvalue weighted by atomic mass is 9.83. The highest BCUT2D eigenvalue weighted by Crippen LogP contribution is 2.34. The molecule has 2 N–H and O–H groups in total. The number of nitrogens with zero attached hydrogens (tertiary/aromatic N) is 4. The largest absolute Gasteiger partial charge is 0.330 e. The van der Waals surface area contributed by atoms with Crippen molar-refractivity contribution in [3.05, 3.63) is 11.9 Å². The van der Waals surface area contributed by atoms with Crippen LogP contribution in [0.5, 0.6) is 0 Å². The number of aromatic nitrogens is 3. The number of rotatable bonds is 3. The molecule has 86 valence electrons. The monoisotopic (exact) mass is 219 g/mol. The van der Waals surface area contributed by atoms with Gasteiger partial charge >= 0.3 is 0 Å². The van der Waals surface area contributed by atoms with Gasteiger partial charge in [0.1, 0.15) is 6.07 Å². The third kappa shape index (κ3) is 2.22. The molecular weight excluding hydrogens is 202 g/mol. The van der Waals surface area contributed by atoms with Crippen molar-refractivity contribution >= 4 is 0 Å². The van der Waals surface area contributed by atoms with Crippen molar-refractivity contribution in [3.8, 4) is 6.07 Å². The fourth-order valence-electron chi connectivity index (χ4n) is 2.53. The van der Waals surface area contributed by atoms with Crippen molar-refractivity contribution < 1.29 is 0 Å². The Morgan fingerprint density at radius 3 is 3.00 bits per heavy atom. The van der Waals surface area contributed by atoms with Crippen LogP contribution in [0.4, 0.5) is 0 Å². The molecule has 1 fully saturated rings. The fraction of sp³-hybridized carbons (Fsp3) is 0.727. The molecular formula is C11H17N5. The highest BCUT2D eigenvalue weighted by molar-refractivity contribution is 5.12. The smallest absolute Gasteiger partial charge is 0.182 e. The molecule has 0 aliphatic heterocycles. The van der Waals surface area contributed by atoms with Crippen molar-refractivity contribution in [3.63, 3.8) is 0 Å². The molecule has 1 aromatic heterocycles. The Hall–Kier alpha value is -1.41. The molecule has 16 heavy (non-hydrogen) atoms. The zero-order valence-electron chi connectivity index (χ0n) is 9.34. The van der Waals surface area contributed by atoms with Gasteiger partial charge in [-0.15, -0.1) is 5.10 Å². The van der Waals surface area contributed by atoms with Gasteiger partial charge in [0, 0.05) is 0 Å². The summed E-state index contributed by atoms with van der Waals surface area (Å²) in [6.45, 7) is 0.716. The fourth-order valence-corrected chi connectivity index (χ4v) is 2.53. The topological polar surface area (TPSA) is 80.5 Å². The average Bonchev–Trinajstić information content (AvgIpc) is 2.79. The Balaban J connectivity index is 2.13. The summed E-state index contributed by atoms with van der Waals surface area (Å²) >= 11 is 0. The van der Waals surface area contributed by atoms with E-state index in [1.165, 1.54) is 25.5 Å². The van der Waals surface area contributed by atoms with Crippen LogP contribution in [0.3, 0.4) is 0 Å². The zero-order chi connectivity index (χ0) is 11.4. The van der Waals surface area contributed by atoms with Crippen LogP contribution in [0.25, 0.3) is 0 Å². The van der Waals surface area contributed by atoms with Crippen LogP contribution >= 0.6 is 0 Å². The summed E-state index contributed by atoms with van der Waals surface area (Å²) in [6.07, 6.45) is 7.35. The highest BCUT2D eigenvalue weighted by atomic mass is 15.5. The predicted octanol–water partition coefficient (Wildman–Crippen LogP) is 1.23. The van der Waals surface area contributed by atoms with Crippen LogP contribution in [-0.4, -0.2) is 21.5 Å². The molecule has 1 saturated carbocycles. The Morgan fingerprint density at radius 1 is 1.50 bits per heavy atom. The first-order valence-electron chi connectivity index (χ1n) is 5.87. The van der Waals surface area contributed by atoms with Gasteiger partial charge in [-0.05, 0) is 31.7 Å². The summed E-state index contributed by atoms with van der Waals surface area (Å²) in [5.41, 5.74) is 6.03. The molecule has 0 saturated heterocycles. The molecule has 0 bridgehead atoms. The molecule has 0 aromatic carbocycles. The first-order chi connectivity index (χ1) is 7.85. The van der Waals surface area contributed by atoms with Gasteiger partial charge in [0.2, 0.25) is 0 Å². The van der Waals surface area contributed by atoms with E-state index in [2.05, 4.69) is 10.2 Å². The molecule has 0 radical (unpaired) electrons. The van der Waals surface area contributed by atoms with Crippen LogP contribution in [0.15, 0.2) is 6.20 Å². The second-order valence-electron chi connectivity index (χ2n) is 4.35. The first kappa shape index (κ1) is 11.1. The Bertz CT molecular complexity index is 376. The van der Waals surface area contributed by atoms with Gasteiger partial charge in [-0.1, -0.05) is 12.8 Å². The Morgan fingerprint density at radius 2 is 2.31 bits per heavy atom. The maximum atomic E-state index is 8.73. The SMILES string of the molecule is N#Cc1cnn(C2CCCCC2CCN)n1. The molecule has 1 aliphatic carbocycles. The van der Waals surface area contributed by atoms with E-state index in [-0.39, 0.29) is 0 Å². The van der Waals surface area contributed by atoms with Crippen LogP contribution in [0, 0.1) is 17.2 Å². The maximum Gasteiger partial charge on any atom is 0.182 e. The van der Waals surface area contributed by atoms with Crippen molar-refractivity contribution in [1.82, 2.24) is 15.0 Å². The molecule has 1 aromatic rings. The minimum absolute atomic E-state index is 0.333. The molecule has 5 heteroatoms. The van der Waals surface area contributed by atoms with E-state index in [0.717, 1.165) is 12.8 Å². The number of nitrogens with two attached hydrogens (primary N) is 1. The second kappa shape index (κ2) is 5.08. The summed E-state index contributed by atoms with van der Waals surface area (Å²) < 4.78 is 0. The lowest BCUT2D eigenvalue weighted by Gasteiger charge is -2.30. The van der Waals surface area contributed by atoms with Crippen molar-refractivity contribution in [2.24, 2.45) is 11.7 Å². The van der Waals surface area contributed by atoms with Gasteiger partial charge in [-0.2, -0.15) is 15.2 Å². The molecule has 0 amide bonds. The van der Waals surface area contributed by atoms with E-state index in [0.29, 0.717) is 24.2 Å². The normalized spacial score (nSPS) is 25.2. The minimum Gasteiger partial charge on any atom is -0.330 e. The number of nitriles is 1. The number of hydrogen-bond donors (Lipinski definition) is 1. The molecule has 2 unspecified atom stereocenters. The third-order valence-electron chi connectivity index (χ3n) is 3.33. The predicted molar refractivity (Wildman–Crippen MR) is 59.4 cm³/mol. The van der Waals surface area contributed by atoms with Crippen molar-refractivity contribution in [1.29, 1.82) is 5.26 Å². The molecule has 5 nitrogen and oxygen atoms in total. The molecule has 2 rings (SSSR count). The van der Waals surface area contributed by atoms with E-state index in [9.17, 15) is 0 Å². The summed E-state index contributed by atoms with van der Waals surface area (Å²) in [5, 5.41) is 17.1. The quantitative estimate of drug-likeness (QED) is 0.829. The standard InChI is InChI=1S/C11H17N5/c12-6-5-9-3-1-2-4-11(9)16-14-8-10(7-13)15-16/h8-9,11H,1-6,12H2. The summed E-state index contributed by atoms with van der Waals surface area (Å²) in [7, 11) is 0. The number of hydrogen-bond acceptors (Lipinski definition) is 4. The lowest BCUT2D eigenvalue weighted by molar-refractivity contribution is 0.196. The van der Waals surface area contributed by atoms with Crippen molar-refractivity contribution in [2.75, 3.05) is 6.54 Å². The minimum atomic E-state index is 0.333. The molecule has 1 heterocycles. The van der Waals surface area contributed by atoms with Crippen LogP contribution in [0.1, 0.15) is 43.8 Å². The highest BCUT2D eigenvalue weighted by Gasteiger charge is 2.27. The summed E-state index contributed by atoms with van der Waals surface area (Å²) in [4.78, 5) is 1.72. The van der Waals surface area contributed by atoms with E-state index in [1.54, 1.807) is 4.80 Å². The van der Waals surface area contributed by atoms with Gasteiger partial charge in [-0.3, -0.25) is 0 Å². The first-order valence-corrected chi connectivity index (χ1v) is 5.87. The van der Waals surface area contributed by atoms with Crippen LogP contribution < -0.4 is 5.73 Å². The van der Waals surface area contributed by atoms with Gasteiger partial charge in [0.25, 0.3) is 0 Å². The van der Waals surface area contributed by atoms with Gasteiger partial charge in [-0.25, -0.2) is 0 Å². The third-order valence-corrected chi connectivity index (χ3v) is 3.33. The molecule has 1 aliphatic rings. The second-order valence-corrected chi connectivity index (χ2v) is 4.35. The molecule has 0 spiro atoms. The van der Waals surface area contributed by atoms with E-state index >= 15 is 0 Å². The van der Waals surface area contributed by atoms with Gasteiger partial charge < -0.3 is 5.73 Å². The van der Waals surface area contributed by atoms with Gasteiger partial charge in [0.15, 0.2) is 5.69 Å². The summed E-state index contributed by atoms with van der Waals surface area (Å²) in [5.74, 6) is 0.567. The Labute approximate surface area is 95.2 Å². The summed E-state index contributed by atoms with van der Waals surface area (Å²) in [6, 6.07) is 2.35. The van der Waals surface area contributed by atoms with Crippen molar-refractivity contribution in [2.45, 2.75) is 38.1 Å². The van der Waals surface area contributed by atoms with Crippen LogP contribution in [0.2, 0.25) is 0 Å². The zero-order valence-corrected chi connectivity index (χ0v) is 9.34. The van der Waals surface area contributed by atoms with E-state index in [4.69, 9.17) is 11.0 Å². The average molecular weight is 219 g/mol.